The van der Waals surface area contributed by atoms with Gasteiger partial charge in [-0.3, -0.25) is 19.7 Å². The molecule has 0 fully saturated rings. The molecule has 1 aliphatic rings. The lowest BCUT2D eigenvalue weighted by atomic mass is 9.92. The Morgan fingerprint density at radius 3 is 2.42 bits per heavy atom. The van der Waals surface area contributed by atoms with Gasteiger partial charge in [0, 0.05) is 6.04 Å². The second-order valence-electron chi connectivity index (χ2n) is 6.03. The molecule has 0 saturated heterocycles. The van der Waals surface area contributed by atoms with Crippen LogP contribution in [0.5, 0.6) is 11.5 Å². The van der Waals surface area contributed by atoms with Crippen molar-refractivity contribution in [1.29, 1.82) is 0 Å². The van der Waals surface area contributed by atoms with Crippen LogP contribution in [0.25, 0.3) is 0 Å². The quantitative estimate of drug-likeness (QED) is 0.363. The van der Waals surface area contributed by atoms with Crippen molar-refractivity contribution in [2.45, 2.75) is 31.5 Å². The molecule has 0 bridgehead atoms. The molecule has 1 amide bonds. The molecular weight excluding hydrogens is 346 g/mol. The minimum absolute atomic E-state index is 0.0142. The number of aliphatic carboxylic acids is 2. The van der Waals surface area contributed by atoms with Crippen LogP contribution < -0.4 is 26.3 Å². The van der Waals surface area contributed by atoms with Gasteiger partial charge in [-0.25, -0.2) is 0 Å². The van der Waals surface area contributed by atoms with Gasteiger partial charge in [-0.15, -0.1) is 0 Å². The normalized spacial score (nSPS) is 17.2. The summed E-state index contributed by atoms with van der Waals surface area (Å²) in [5, 5.41) is 21.3. The summed E-state index contributed by atoms with van der Waals surface area (Å²) >= 11 is 0. The Bertz CT molecular complexity index is 689. The van der Waals surface area contributed by atoms with Crippen LogP contribution >= 0.6 is 0 Å². The monoisotopic (exact) mass is 367 g/mol. The molecule has 0 aromatic heterocycles. The van der Waals surface area contributed by atoms with Crippen molar-refractivity contribution in [3.63, 3.8) is 0 Å². The SMILES string of the molecule is CC(C(N)=O)C(NC(Cc1ccc2c(c1)OCO2)C(=O)O)[C@H](N)C(=O)O. The molecule has 1 aromatic carbocycles. The topological polar surface area (TPSA) is 174 Å². The molecule has 7 N–H and O–H groups in total. The third kappa shape index (κ3) is 4.41. The maximum Gasteiger partial charge on any atom is 0.322 e. The first-order valence-electron chi connectivity index (χ1n) is 7.85. The average molecular weight is 367 g/mol. The summed E-state index contributed by atoms with van der Waals surface area (Å²) in [4.78, 5) is 34.3. The highest BCUT2D eigenvalue weighted by atomic mass is 16.7. The van der Waals surface area contributed by atoms with Crippen molar-refractivity contribution < 1.29 is 34.1 Å². The van der Waals surface area contributed by atoms with E-state index in [1.54, 1.807) is 18.2 Å². The predicted molar refractivity (Wildman–Crippen MR) is 88.6 cm³/mol. The summed E-state index contributed by atoms with van der Waals surface area (Å²) in [6.45, 7) is 1.48. The number of hydrogen-bond donors (Lipinski definition) is 5. The Labute approximate surface area is 149 Å². The zero-order valence-corrected chi connectivity index (χ0v) is 14.0. The maximum absolute atomic E-state index is 11.6. The molecule has 2 rings (SSSR count). The Morgan fingerprint density at radius 1 is 1.19 bits per heavy atom. The number of primary amides is 1. The van der Waals surface area contributed by atoms with E-state index in [9.17, 15) is 19.5 Å². The molecule has 1 heterocycles. The van der Waals surface area contributed by atoms with Gasteiger partial charge in [-0.05, 0) is 24.1 Å². The van der Waals surface area contributed by atoms with Crippen molar-refractivity contribution >= 4 is 17.8 Å². The lowest BCUT2D eigenvalue weighted by Crippen LogP contribution is -2.59. The molecule has 10 nitrogen and oxygen atoms in total. The van der Waals surface area contributed by atoms with Gasteiger partial charge in [0.25, 0.3) is 0 Å². The standard InChI is InChI=1S/C16H21N3O7/c1-7(14(18)20)13(12(17)16(23)24)19-9(15(21)22)4-8-2-3-10-11(5-8)26-6-25-10/h2-3,5,7,9,12-13,19H,4,6,17H2,1H3,(H2,18,20)(H,21,22)(H,23,24)/t7?,9?,12-,13?/m0/s1. The Hall–Kier alpha value is -2.85. The number of hydrogen-bond acceptors (Lipinski definition) is 7. The molecule has 1 aromatic rings. The summed E-state index contributed by atoms with van der Waals surface area (Å²) in [6, 6.07) is 1.13. The molecule has 26 heavy (non-hydrogen) atoms. The number of carboxylic acids is 2. The molecular formula is C16H21N3O7. The lowest BCUT2D eigenvalue weighted by Gasteiger charge is -2.29. The van der Waals surface area contributed by atoms with E-state index in [1.165, 1.54) is 6.92 Å². The fourth-order valence-corrected chi connectivity index (χ4v) is 2.64. The number of carboxylic acid groups (broad SMARTS) is 2. The highest BCUT2D eigenvalue weighted by molar-refractivity contribution is 5.81. The van der Waals surface area contributed by atoms with Gasteiger partial charge >= 0.3 is 11.9 Å². The van der Waals surface area contributed by atoms with Crippen LogP contribution in [0.3, 0.4) is 0 Å². The van der Waals surface area contributed by atoms with E-state index in [2.05, 4.69) is 5.32 Å². The largest absolute Gasteiger partial charge is 0.480 e. The van der Waals surface area contributed by atoms with Crippen molar-refractivity contribution in [3.8, 4) is 11.5 Å². The second kappa shape index (κ2) is 8.02. The number of carbonyl (C=O) groups excluding carboxylic acids is 1. The van der Waals surface area contributed by atoms with Crippen LogP contribution in [-0.4, -0.2) is 53.0 Å². The third-order valence-corrected chi connectivity index (χ3v) is 4.23. The highest BCUT2D eigenvalue weighted by Crippen LogP contribution is 2.32. The van der Waals surface area contributed by atoms with E-state index in [0.29, 0.717) is 17.1 Å². The molecule has 1 aliphatic heterocycles. The van der Waals surface area contributed by atoms with Crippen LogP contribution in [0, 0.1) is 5.92 Å². The second-order valence-corrected chi connectivity index (χ2v) is 6.03. The molecule has 0 radical (unpaired) electrons. The lowest BCUT2D eigenvalue weighted by molar-refractivity contribution is -0.143. The predicted octanol–water partition coefficient (Wildman–Crippen LogP) is -1.10. The first-order valence-corrected chi connectivity index (χ1v) is 7.85. The number of carbonyl (C=O) groups is 3. The highest BCUT2D eigenvalue weighted by Gasteiger charge is 2.35. The fraction of sp³-hybridized carbons (Fsp3) is 0.438. The number of amides is 1. The number of nitrogens with two attached hydrogens (primary N) is 2. The van der Waals surface area contributed by atoms with Gasteiger partial charge in [0.2, 0.25) is 12.7 Å². The molecule has 4 atom stereocenters. The first kappa shape index (κ1) is 19.5. The average Bonchev–Trinajstić information content (AvgIpc) is 3.04. The van der Waals surface area contributed by atoms with Crippen LogP contribution in [-0.2, 0) is 20.8 Å². The smallest absolute Gasteiger partial charge is 0.322 e. The summed E-state index contributed by atoms with van der Waals surface area (Å²) in [5.41, 5.74) is 11.5. The van der Waals surface area contributed by atoms with Gasteiger partial charge in [-0.1, -0.05) is 13.0 Å². The van der Waals surface area contributed by atoms with E-state index in [-0.39, 0.29) is 13.2 Å². The van der Waals surface area contributed by atoms with Crippen LogP contribution in [0.1, 0.15) is 12.5 Å². The van der Waals surface area contributed by atoms with Gasteiger partial charge in [0.05, 0.1) is 5.92 Å². The van der Waals surface area contributed by atoms with Gasteiger partial charge in [0.1, 0.15) is 12.1 Å². The van der Waals surface area contributed by atoms with E-state index in [4.69, 9.17) is 26.0 Å². The van der Waals surface area contributed by atoms with E-state index >= 15 is 0 Å². The third-order valence-electron chi connectivity index (χ3n) is 4.23. The van der Waals surface area contributed by atoms with Crippen molar-refractivity contribution in [3.05, 3.63) is 23.8 Å². The number of ether oxygens (including phenoxy) is 2. The molecule has 0 saturated carbocycles. The van der Waals surface area contributed by atoms with Crippen LogP contribution in [0.15, 0.2) is 18.2 Å². The van der Waals surface area contributed by atoms with E-state index in [0.717, 1.165) is 0 Å². The summed E-state index contributed by atoms with van der Waals surface area (Å²) in [6.07, 6.45) is 0.0142. The minimum Gasteiger partial charge on any atom is -0.480 e. The van der Waals surface area contributed by atoms with Crippen LogP contribution in [0.4, 0.5) is 0 Å². The zero-order valence-electron chi connectivity index (χ0n) is 14.0. The number of fused-ring (bicyclic) bond motifs is 1. The maximum atomic E-state index is 11.6. The summed E-state index contributed by atoms with van der Waals surface area (Å²) in [7, 11) is 0. The van der Waals surface area contributed by atoms with Crippen molar-refractivity contribution in [2.24, 2.45) is 17.4 Å². The fourth-order valence-electron chi connectivity index (χ4n) is 2.64. The summed E-state index contributed by atoms with van der Waals surface area (Å²) in [5.74, 6) is -3.31. The van der Waals surface area contributed by atoms with Crippen molar-refractivity contribution in [1.82, 2.24) is 5.32 Å². The zero-order chi connectivity index (χ0) is 19.4. The van der Waals surface area contributed by atoms with E-state index < -0.39 is 41.9 Å². The van der Waals surface area contributed by atoms with Gasteiger partial charge < -0.3 is 31.2 Å². The van der Waals surface area contributed by atoms with Crippen molar-refractivity contribution in [2.75, 3.05) is 6.79 Å². The van der Waals surface area contributed by atoms with Gasteiger partial charge in [0.15, 0.2) is 11.5 Å². The number of benzene rings is 1. The number of rotatable bonds is 9. The minimum atomic E-state index is -1.50. The van der Waals surface area contributed by atoms with E-state index in [1.807, 2.05) is 0 Å². The molecule has 142 valence electrons. The Kier molecular flexibility index (Phi) is 6.01. The molecule has 3 unspecified atom stereocenters. The summed E-state index contributed by atoms with van der Waals surface area (Å²) < 4.78 is 10.5. The van der Waals surface area contributed by atoms with Crippen LogP contribution in [0.2, 0.25) is 0 Å². The molecule has 0 spiro atoms. The molecule has 0 aliphatic carbocycles. The van der Waals surface area contributed by atoms with Gasteiger partial charge in [-0.2, -0.15) is 0 Å². The Morgan fingerprint density at radius 2 is 1.85 bits per heavy atom. The molecule has 10 heteroatoms. The first-order chi connectivity index (χ1) is 12.2. The number of nitrogens with one attached hydrogen (secondary N) is 1. The Balaban J connectivity index is 2.20.